The van der Waals surface area contributed by atoms with Crippen molar-refractivity contribution in [3.05, 3.63) is 126 Å². The summed E-state index contributed by atoms with van der Waals surface area (Å²) in [7, 11) is 0. The summed E-state index contributed by atoms with van der Waals surface area (Å²) in [6, 6.07) is 20.4. The van der Waals surface area contributed by atoms with Crippen molar-refractivity contribution in [2.45, 2.75) is 0 Å². The van der Waals surface area contributed by atoms with Gasteiger partial charge >= 0.3 is 5.97 Å². The Morgan fingerprint density at radius 3 is 1.61 bits per heavy atom. The molecule has 0 unspecified atom stereocenters. The van der Waals surface area contributed by atoms with E-state index in [2.05, 4.69) is 5.32 Å². The zero-order chi connectivity index (χ0) is 30.7. The maximum atomic E-state index is 12.0. The molecular formula is C26H20Cl2N4O9. The third-order valence-electron chi connectivity index (χ3n) is 4.91. The fourth-order valence-electron chi connectivity index (χ4n) is 2.92. The number of carbonyl (C=O) groups excluding carboxylic acids is 1. The molecular weight excluding hydrogens is 583 g/mol. The number of nitro benzene ring substituents is 2. The quantitative estimate of drug-likeness (QED) is 0.0760. The van der Waals surface area contributed by atoms with Crippen molar-refractivity contribution in [1.82, 2.24) is 0 Å². The van der Waals surface area contributed by atoms with Crippen LogP contribution in [0.1, 0.15) is 20.7 Å². The Labute approximate surface area is 241 Å². The Morgan fingerprint density at radius 2 is 1.17 bits per heavy atom. The molecule has 1 amide bonds. The molecule has 41 heavy (non-hydrogen) atoms. The number of amides is 1. The van der Waals surface area contributed by atoms with Gasteiger partial charge in [0.1, 0.15) is 21.5 Å². The molecule has 212 valence electrons. The summed E-state index contributed by atoms with van der Waals surface area (Å²) in [5.74, 6) is -1.89. The second-order valence-electron chi connectivity index (χ2n) is 7.63. The van der Waals surface area contributed by atoms with Crippen LogP contribution in [0.5, 0.6) is 11.5 Å². The van der Waals surface area contributed by atoms with Gasteiger partial charge in [-0.3, -0.25) is 25.0 Å². The largest absolute Gasteiger partial charge is 0.506 e. The number of aromatic hydroxyl groups is 2. The Hall–Kier alpha value is -5.40. The predicted octanol–water partition coefficient (Wildman–Crippen LogP) is 6.13. The summed E-state index contributed by atoms with van der Waals surface area (Å²) in [5, 5.41) is 49.9. The normalized spacial score (nSPS) is 9.71. The van der Waals surface area contributed by atoms with Crippen molar-refractivity contribution in [2.75, 3.05) is 11.1 Å². The van der Waals surface area contributed by atoms with Crippen LogP contribution in [0.25, 0.3) is 0 Å². The summed E-state index contributed by atoms with van der Waals surface area (Å²) in [6.07, 6.45) is 0. The summed E-state index contributed by atoms with van der Waals surface area (Å²) in [6.45, 7) is 0. The first kappa shape index (κ1) is 31.8. The minimum Gasteiger partial charge on any atom is -0.506 e. The average molecular weight is 603 g/mol. The molecule has 4 rings (SSSR count). The monoisotopic (exact) mass is 602 g/mol. The zero-order valence-electron chi connectivity index (χ0n) is 20.6. The van der Waals surface area contributed by atoms with Gasteiger partial charge in [-0.05, 0) is 36.4 Å². The topological polar surface area (TPSA) is 219 Å². The fourth-order valence-corrected chi connectivity index (χ4v) is 3.48. The van der Waals surface area contributed by atoms with E-state index in [1.807, 2.05) is 0 Å². The fraction of sp³-hybridized carbons (Fsp3) is 0. The van der Waals surface area contributed by atoms with E-state index >= 15 is 0 Å². The zero-order valence-corrected chi connectivity index (χ0v) is 22.1. The second kappa shape index (κ2) is 14.7. The molecule has 0 aliphatic rings. The Kier molecular flexibility index (Phi) is 11.4. The van der Waals surface area contributed by atoms with Gasteiger partial charge in [-0.1, -0.05) is 59.6 Å². The molecule has 0 fully saturated rings. The molecule has 0 saturated heterocycles. The van der Waals surface area contributed by atoms with Gasteiger partial charge < -0.3 is 26.4 Å². The first-order valence-corrected chi connectivity index (χ1v) is 11.8. The van der Waals surface area contributed by atoms with Crippen LogP contribution < -0.4 is 11.1 Å². The molecule has 4 aromatic carbocycles. The van der Waals surface area contributed by atoms with E-state index < -0.39 is 27.4 Å². The number of carboxylic acid groups (broad SMARTS) is 1. The minimum absolute atomic E-state index is 0.0379. The van der Waals surface area contributed by atoms with Gasteiger partial charge in [0.2, 0.25) is 0 Å². The highest BCUT2D eigenvalue weighted by Crippen LogP contribution is 2.30. The Bertz CT molecular complexity index is 1550. The number of nitro groups is 2. The number of rotatable bonds is 5. The van der Waals surface area contributed by atoms with Crippen molar-refractivity contribution in [3.8, 4) is 11.5 Å². The van der Waals surface area contributed by atoms with E-state index in [9.17, 15) is 34.9 Å². The van der Waals surface area contributed by atoms with Gasteiger partial charge in [-0.25, -0.2) is 4.79 Å². The number of anilines is 2. The van der Waals surface area contributed by atoms with Crippen LogP contribution in [0, 0.1) is 20.2 Å². The molecule has 6 N–H and O–H groups in total. The number of hydrogen-bond acceptors (Lipinski definition) is 9. The smallest absolute Gasteiger partial charge is 0.337 e. The molecule has 0 bridgehead atoms. The second-order valence-corrected chi connectivity index (χ2v) is 8.38. The van der Waals surface area contributed by atoms with Crippen molar-refractivity contribution in [2.24, 2.45) is 0 Å². The third-order valence-corrected chi connectivity index (χ3v) is 5.71. The number of para-hydroxylation sites is 4. The first-order valence-electron chi connectivity index (χ1n) is 11.1. The number of nitrogens with zero attached hydrogens (tertiary/aromatic N) is 2. The van der Waals surface area contributed by atoms with Crippen LogP contribution in [0.4, 0.5) is 22.7 Å². The van der Waals surface area contributed by atoms with E-state index in [1.165, 1.54) is 42.5 Å². The first-order chi connectivity index (χ1) is 19.3. The third kappa shape index (κ3) is 8.81. The molecule has 0 aliphatic carbocycles. The molecule has 4 aromatic rings. The van der Waals surface area contributed by atoms with Crippen molar-refractivity contribution in [1.29, 1.82) is 0 Å². The lowest BCUT2D eigenvalue weighted by Gasteiger charge is -2.08. The predicted molar refractivity (Wildman–Crippen MR) is 152 cm³/mol. The molecule has 0 atom stereocenters. The standard InChI is InChI=1S/C13H9ClN2O4.C7H4ClNO4.C6H7NO/c14-12-8(4-3-6-10(12)16(19)20)13(18)15-9-5-1-2-7-11(9)17;8-6-4(7(10)11)2-1-3-5(6)9(12)13;7-5-3-1-2-4-6(5)8/h1-7,17H,(H,15,18);1-3H,(H,10,11);1-4,8H,7H2. The highest BCUT2D eigenvalue weighted by atomic mass is 35.5. The summed E-state index contributed by atoms with van der Waals surface area (Å²) in [5.41, 5.74) is 4.83. The summed E-state index contributed by atoms with van der Waals surface area (Å²) >= 11 is 11.3. The number of carboxylic acids is 1. The minimum atomic E-state index is -1.28. The van der Waals surface area contributed by atoms with E-state index in [0.717, 1.165) is 6.07 Å². The van der Waals surface area contributed by atoms with Gasteiger partial charge in [0.15, 0.2) is 0 Å². The number of phenolic OH excluding ortho intramolecular Hbond substituents is 2. The number of phenols is 2. The number of hydrogen-bond donors (Lipinski definition) is 5. The number of nitrogens with one attached hydrogen (secondary N) is 1. The van der Waals surface area contributed by atoms with E-state index in [-0.39, 0.29) is 44.0 Å². The summed E-state index contributed by atoms with van der Waals surface area (Å²) < 4.78 is 0. The van der Waals surface area contributed by atoms with E-state index in [1.54, 1.807) is 36.4 Å². The maximum absolute atomic E-state index is 12.0. The molecule has 0 spiro atoms. The number of carbonyl (C=O) groups is 2. The molecule has 0 aromatic heterocycles. The Balaban J connectivity index is 0.000000239. The SMILES string of the molecule is Nc1ccccc1O.O=C(Nc1ccccc1O)c1cccc([N+](=O)[O-])c1Cl.O=C(O)c1cccc([N+](=O)[O-])c1Cl. The van der Waals surface area contributed by atoms with Crippen molar-refractivity contribution in [3.63, 3.8) is 0 Å². The van der Waals surface area contributed by atoms with Gasteiger partial charge in [-0.15, -0.1) is 0 Å². The van der Waals surface area contributed by atoms with E-state index in [4.69, 9.17) is 39.1 Å². The summed E-state index contributed by atoms with van der Waals surface area (Å²) in [4.78, 5) is 42.2. The average Bonchev–Trinajstić information content (AvgIpc) is 2.92. The van der Waals surface area contributed by atoms with Crippen LogP contribution in [-0.4, -0.2) is 37.0 Å². The maximum Gasteiger partial charge on any atom is 0.337 e. The van der Waals surface area contributed by atoms with Crippen LogP contribution >= 0.6 is 23.2 Å². The van der Waals surface area contributed by atoms with Gasteiger partial charge in [-0.2, -0.15) is 0 Å². The lowest BCUT2D eigenvalue weighted by molar-refractivity contribution is -0.384. The van der Waals surface area contributed by atoms with Gasteiger partial charge in [0.25, 0.3) is 17.3 Å². The van der Waals surface area contributed by atoms with Crippen LogP contribution in [0.15, 0.2) is 84.9 Å². The molecule has 0 radical (unpaired) electrons. The highest BCUT2D eigenvalue weighted by molar-refractivity contribution is 6.36. The molecule has 0 aliphatic heterocycles. The highest BCUT2D eigenvalue weighted by Gasteiger charge is 2.21. The number of nitrogen functional groups attached to an aromatic ring is 1. The van der Waals surface area contributed by atoms with Crippen LogP contribution in [-0.2, 0) is 0 Å². The van der Waals surface area contributed by atoms with Crippen LogP contribution in [0.3, 0.4) is 0 Å². The number of aromatic carboxylic acids is 1. The lowest BCUT2D eigenvalue weighted by atomic mass is 10.1. The van der Waals surface area contributed by atoms with Crippen molar-refractivity contribution >= 4 is 57.8 Å². The molecule has 0 heterocycles. The molecule has 0 saturated carbocycles. The molecule has 13 nitrogen and oxygen atoms in total. The van der Waals surface area contributed by atoms with Crippen molar-refractivity contribution < 1.29 is 34.8 Å². The van der Waals surface area contributed by atoms with E-state index in [0.29, 0.717) is 5.69 Å². The Morgan fingerprint density at radius 1 is 0.707 bits per heavy atom. The number of nitrogens with two attached hydrogens (primary N) is 1. The lowest BCUT2D eigenvalue weighted by Crippen LogP contribution is -2.13. The number of benzene rings is 4. The van der Waals surface area contributed by atoms with Gasteiger partial charge in [0.05, 0.1) is 32.3 Å². The van der Waals surface area contributed by atoms with Gasteiger partial charge in [0, 0.05) is 12.1 Å². The molecule has 15 heteroatoms. The number of halogens is 2. The van der Waals surface area contributed by atoms with Crippen LogP contribution in [0.2, 0.25) is 10.0 Å².